The third kappa shape index (κ3) is 4.45. The number of hydrogen-bond donors (Lipinski definition) is 4. The van der Waals surface area contributed by atoms with E-state index in [0.29, 0.717) is 12.8 Å². The number of carbonyl (C=O) groups excluding carboxylic acids is 3. The molecule has 0 spiro atoms. The maximum absolute atomic E-state index is 13.6. The van der Waals surface area contributed by atoms with Crippen molar-refractivity contribution >= 4 is 17.3 Å². The average molecular weight is 487 g/mol. The Bertz CT molecular complexity index is 1090. The first kappa shape index (κ1) is 26.8. The van der Waals surface area contributed by atoms with Crippen LogP contribution in [0.25, 0.3) is 0 Å². The van der Waals surface area contributed by atoms with Crippen molar-refractivity contribution in [3.8, 4) is 17.2 Å². The second-order valence-corrected chi connectivity index (χ2v) is 11.6. The van der Waals surface area contributed by atoms with E-state index in [9.17, 15) is 34.8 Å². The molecule has 4 N–H and O–H groups in total. The van der Waals surface area contributed by atoms with Crippen molar-refractivity contribution in [3.05, 3.63) is 28.5 Å². The van der Waals surface area contributed by atoms with Gasteiger partial charge in [0, 0.05) is 29.0 Å². The summed E-state index contributed by atoms with van der Waals surface area (Å²) >= 11 is 0. The minimum absolute atomic E-state index is 0.0398. The Kier molecular flexibility index (Phi) is 7.13. The number of phenols is 3. The highest BCUT2D eigenvalue weighted by molar-refractivity contribution is 6.19. The molecule has 0 unspecified atom stereocenters. The molecule has 0 radical (unpaired) electrons. The molecule has 0 aliphatic heterocycles. The van der Waals surface area contributed by atoms with Crippen molar-refractivity contribution in [3.63, 3.8) is 0 Å². The van der Waals surface area contributed by atoms with Gasteiger partial charge in [-0.1, -0.05) is 33.1 Å². The van der Waals surface area contributed by atoms with Crippen LogP contribution in [-0.2, 0) is 9.59 Å². The van der Waals surface area contributed by atoms with E-state index in [4.69, 9.17) is 0 Å². The van der Waals surface area contributed by atoms with E-state index < -0.39 is 57.1 Å². The van der Waals surface area contributed by atoms with Gasteiger partial charge in [-0.25, -0.2) is 0 Å². The van der Waals surface area contributed by atoms with Crippen molar-refractivity contribution in [2.45, 2.75) is 86.0 Å². The van der Waals surface area contributed by atoms with Gasteiger partial charge >= 0.3 is 0 Å². The largest absolute Gasteiger partial charge is 0.511 e. The average Bonchev–Trinajstić information content (AvgIpc) is 2.77. The first-order valence-electron chi connectivity index (χ1n) is 12.5. The van der Waals surface area contributed by atoms with Gasteiger partial charge in [0.25, 0.3) is 0 Å². The molecule has 1 atom stereocenters. The maximum Gasteiger partial charge on any atom is 0.175 e. The fourth-order valence-electron chi connectivity index (χ4n) is 5.76. The van der Waals surface area contributed by atoms with Gasteiger partial charge in [0.1, 0.15) is 28.6 Å². The van der Waals surface area contributed by atoms with E-state index in [1.165, 1.54) is 13.8 Å². The Morgan fingerprint density at radius 1 is 0.943 bits per heavy atom. The summed E-state index contributed by atoms with van der Waals surface area (Å²) in [6, 6.07) is 1.02. The summed E-state index contributed by atoms with van der Waals surface area (Å²) < 4.78 is 0. The van der Waals surface area contributed by atoms with Crippen molar-refractivity contribution in [2.75, 3.05) is 0 Å². The zero-order valence-electron chi connectivity index (χ0n) is 21.6. The van der Waals surface area contributed by atoms with Gasteiger partial charge in [0.15, 0.2) is 17.3 Å². The Labute approximate surface area is 206 Å². The lowest BCUT2D eigenvalue weighted by atomic mass is 9.60. The maximum atomic E-state index is 13.6. The van der Waals surface area contributed by atoms with Gasteiger partial charge in [-0.3, -0.25) is 14.4 Å². The first-order chi connectivity index (χ1) is 16.1. The van der Waals surface area contributed by atoms with Gasteiger partial charge in [-0.2, -0.15) is 0 Å². The molecule has 1 saturated carbocycles. The predicted molar refractivity (Wildman–Crippen MR) is 132 cm³/mol. The normalized spacial score (nSPS) is 21.5. The lowest BCUT2D eigenvalue weighted by Gasteiger charge is -2.41. The SMILES string of the molecule is CC(C)C[C@@H](C1=C(O)C(C)(C)C(=O)C(C)(C)C1=O)c1c(O)cc(O)c(C(=O)C2CCCCC2)c1O. The Hall–Kier alpha value is -2.83. The molecular weight excluding hydrogens is 448 g/mol. The molecule has 0 heterocycles. The molecular formula is C28H38O7. The van der Waals surface area contributed by atoms with Crippen LogP contribution in [0.1, 0.15) is 102 Å². The van der Waals surface area contributed by atoms with Crippen LogP contribution in [0, 0.1) is 22.7 Å². The topological polar surface area (TPSA) is 132 Å². The number of Topliss-reactive ketones (excluding diaryl/α,β-unsaturated/α-hetero) is 3. The number of benzene rings is 1. The summed E-state index contributed by atoms with van der Waals surface area (Å²) in [6.07, 6.45) is 4.34. The van der Waals surface area contributed by atoms with Crippen LogP contribution < -0.4 is 0 Å². The third-order valence-electron chi connectivity index (χ3n) is 7.72. The molecule has 2 aliphatic rings. The molecule has 1 aromatic rings. The summed E-state index contributed by atoms with van der Waals surface area (Å²) in [7, 11) is 0. The zero-order valence-corrected chi connectivity index (χ0v) is 21.6. The summed E-state index contributed by atoms with van der Waals surface area (Å²) in [4.78, 5) is 39.9. The molecule has 7 heteroatoms. The van der Waals surface area contributed by atoms with Crippen molar-refractivity contribution in [2.24, 2.45) is 22.7 Å². The van der Waals surface area contributed by atoms with E-state index in [2.05, 4.69) is 0 Å². The van der Waals surface area contributed by atoms with Gasteiger partial charge in [-0.05, 0) is 52.9 Å². The van der Waals surface area contributed by atoms with Gasteiger partial charge in [-0.15, -0.1) is 0 Å². The molecule has 3 rings (SSSR count). The van der Waals surface area contributed by atoms with Crippen molar-refractivity contribution in [1.82, 2.24) is 0 Å². The van der Waals surface area contributed by atoms with Gasteiger partial charge < -0.3 is 20.4 Å². The quantitative estimate of drug-likeness (QED) is 0.299. The molecule has 192 valence electrons. The lowest BCUT2D eigenvalue weighted by Crippen LogP contribution is -2.49. The first-order valence-corrected chi connectivity index (χ1v) is 12.5. The Morgan fingerprint density at radius 3 is 2.06 bits per heavy atom. The van der Waals surface area contributed by atoms with Crippen LogP contribution >= 0.6 is 0 Å². The molecule has 0 amide bonds. The number of hydrogen-bond acceptors (Lipinski definition) is 7. The molecule has 1 fully saturated rings. The molecule has 0 saturated heterocycles. The summed E-state index contributed by atoms with van der Waals surface area (Å²) in [5, 5.41) is 44.0. The smallest absolute Gasteiger partial charge is 0.175 e. The minimum atomic E-state index is -1.43. The number of ketones is 3. The second-order valence-electron chi connectivity index (χ2n) is 11.6. The number of aromatic hydroxyl groups is 3. The van der Waals surface area contributed by atoms with Gasteiger partial charge in [0.05, 0.1) is 10.8 Å². The highest BCUT2D eigenvalue weighted by atomic mass is 16.3. The highest BCUT2D eigenvalue weighted by Crippen LogP contribution is 2.53. The Balaban J connectivity index is 2.28. The van der Waals surface area contributed by atoms with Crippen LogP contribution in [0.3, 0.4) is 0 Å². The summed E-state index contributed by atoms with van der Waals surface area (Å²) in [5.74, 6) is -4.76. The van der Waals surface area contributed by atoms with E-state index in [0.717, 1.165) is 25.3 Å². The fraction of sp³-hybridized carbons (Fsp3) is 0.607. The number of aliphatic hydroxyl groups excluding tert-OH is 1. The summed E-state index contributed by atoms with van der Waals surface area (Å²) in [6.45, 7) is 9.88. The van der Waals surface area contributed by atoms with Crippen LogP contribution in [0.5, 0.6) is 17.2 Å². The van der Waals surface area contributed by atoms with E-state index in [1.807, 2.05) is 13.8 Å². The molecule has 35 heavy (non-hydrogen) atoms. The fourth-order valence-corrected chi connectivity index (χ4v) is 5.76. The molecule has 2 aliphatic carbocycles. The minimum Gasteiger partial charge on any atom is -0.511 e. The number of carbonyl (C=O) groups is 3. The standard InChI is InChI=1S/C28H38O7/c1-14(2)12-16(20-24(33)27(3,4)26(35)28(5,6)25(20)34)19-17(29)13-18(30)21(23(19)32)22(31)15-10-8-7-9-11-15/h13-16,29-30,32-33H,7-12H2,1-6H3/t16-/m1/s1. The van der Waals surface area contributed by atoms with Gasteiger partial charge in [0.2, 0.25) is 0 Å². The highest BCUT2D eigenvalue weighted by Gasteiger charge is 2.55. The third-order valence-corrected chi connectivity index (χ3v) is 7.72. The molecule has 0 bridgehead atoms. The Morgan fingerprint density at radius 2 is 1.51 bits per heavy atom. The number of phenolic OH excluding ortho intramolecular Hbond substituents is 3. The van der Waals surface area contributed by atoms with Crippen LogP contribution in [0.4, 0.5) is 0 Å². The number of aliphatic hydroxyl groups is 1. The summed E-state index contributed by atoms with van der Waals surface area (Å²) in [5.41, 5.74) is -3.20. The molecule has 0 aromatic heterocycles. The van der Waals surface area contributed by atoms with Crippen molar-refractivity contribution in [1.29, 1.82) is 0 Å². The van der Waals surface area contributed by atoms with Crippen LogP contribution in [-0.4, -0.2) is 37.8 Å². The molecule has 7 nitrogen and oxygen atoms in total. The number of rotatable bonds is 6. The van der Waals surface area contributed by atoms with Crippen molar-refractivity contribution < 1.29 is 34.8 Å². The van der Waals surface area contributed by atoms with E-state index >= 15 is 0 Å². The zero-order chi connectivity index (χ0) is 26.5. The van der Waals surface area contributed by atoms with Crippen LogP contribution in [0.15, 0.2) is 17.4 Å². The number of allylic oxidation sites excluding steroid dienone is 2. The van der Waals surface area contributed by atoms with Crippen LogP contribution in [0.2, 0.25) is 0 Å². The predicted octanol–water partition coefficient (Wildman–Crippen LogP) is 5.71. The molecule has 1 aromatic carbocycles. The van der Waals surface area contributed by atoms with E-state index in [1.54, 1.807) is 13.8 Å². The van der Waals surface area contributed by atoms with E-state index in [-0.39, 0.29) is 35.0 Å². The second kappa shape index (κ2) is 9.32. The lowest BCUT2D eigenvalue weighted by molar-refractivity contribution is -0.144. The monoisotopic (exact) mass is 486 g/mol.